The summed E-state index contributed by atoms with van der Waals surface area (Å²) < 4.78 is 5.10. The van der Waals surface area contributed by atoms with Crippen molar-refractivity contribution in [2.45, 2.75) is 26.2 Å². The first kappa shape index (κ1) is 22.2. The Balaban J connectivity index is 1.52. The third kappa shape index (κ3) is 5.98. The molecule has 0 radical (unpaired) electrons. The highest BCUT2D eigenvalue weighted by Gasteiger charge is 2.24. The molecular formula is C21H21N3O6S. The molecule has 31 heavy (non-hydrogen) atoms. The van der Waals surface area contributed by atoms with Gasteiger partial charge >= 0.3 is 5.97 Å². The van der Waals surface area contributed by atoms with Crippen LogP contribution in [0.3, 0.4) is 0 Å². The van der Waals surface area contributed by atoms with Crippen molar-refractivity contribution >= 4 is 46.5 Å². The van der Waals surface area contributed by atoms with Crippen LogP contribution in [0.4, 0.5) is 5.69 Å². The SMILES string of the molecule is CC(=O)NCCc1ccc(C(=O)COC(=O)c2ccc(N3NC(=O)CCC3=O)cc2)s1. The monoisotopic (exact) mass is 443 g/mol. The van der Waals surface area contributed by atoms with E-state index in [0.29, 0.717) is 23.5 Å². The summed E-state index contributed by atoms with van der Waals surface area (Å²) in [6, 6.07) is 9.43. The molecular weight excluding hydrogens is 422 g/mol. The Hall–Kier alpha value is -3.53. The predicted molar refractivity (Wildman–Crippen MR) is 113 cm³/mol. The van der Waals surface area contributed by atoms with Crippen LogP contribution in [-0.2, 0) is 25.5 Å². The van der Waals surface area contributed by atoms with Gasteiger partial charge in [0.2, 0.25) is 23.5 Å². The number of hydrazine groups is 1. The largest absolute Gasteiger partial charge is 0.454 e. The number of thiophene rings is 1. The van der Waals surface area contributed by atoms with Gasteiger partial charge in [-0.3, -0.25) is 24.6 Å². The molecule has 1 fully saturated rings. The standard InChI is InChI=1S/C21H21N3O6S/c1-13(25)22-11-10-16-6-7-18(31-16)17(26)12-30-21(29)14-2-4-15(5-3-14)24-20(28)9-8-19(27)23-24/h2-7H,8-12H2,1H3,(H,22,25)(H,23,27). The Morgan fingerprint density at radius 1 is 1.10 bits per heavy atom. The molecule has 162 valence electrons. The average molecular weight is 443 g/mol. The van der Waals surface area contributed by atoms with Crippen molar-refractivity contribution in [3.63, 3.8) is 0 Å². The summed E-state index contributed by atoms with van der Waals surface area (Å²) in [5.74, 6) is -1.60. The lowest BCUT2D eigenvalue weighted by Crippen LogP contribution is -2.50. The van der Waals surface area contributed by atoms with Gasteiger partial charge in [-0.1, -0.05) is 0 Å². The van der Waals surface area contributed by atoms with Gasteiger partial charge in [0, 0.05) is 31.2 Å². The number of ether oxygens (including phenoxy) is 1. The molecule has 0 bridgehead atoms. The lowest BCUT2D eigenvalue weighted by atomic mass is 10.2. The van der Waals surface area contributed by atoms with Crippen molar-refractivity contribution in [3.8, 4) is 0 Å². The highest BCUT2D eigenvalue weighted by molar-refractivity contribution is 7.14. The molecule has 2 aromatic rings. The molecule has 3 amide bonds. The minimum atomic E-state index is -0.670. The number of nitrogens with one attached hydrogen (secondary N) is 2. The van der Waals surface area contributed by atoms with E-state index in [1.165, 1.54) is 42.5 Å². The van der Waals surface area contributed by atoms with Crippen molar-refractivity contribution < 1.29 is 28.7 Å². The number of Topliss-reactive ketones (excluding diaryl/α,β-unsaturated/α-hetero) is 1. The summed E-state index contributed by atoms with van der Waals surface area (Å²) in [6.07, 6.45) is 0.883. The van der Waals surface area contributed by atoms with Crippen LogP contribution >= 0.6 is 11.3 Å². The van der Waals surface area contributed by atoms with Gasteiger partial charge < -0.3 is 10.1 Å². The average Bonchev–Trinajstić information content (AvgIpc) is 3.22. The first-order valence-electron chi connectivity index (χ1n) is 9.59. The second-order valence-corrected chi connectivity index (χ2v) is 7.98. The number of hydrogen-bond acceptors (Lipinski definition) is 7. The zero-order chi connectivity index (χ0) is 22.4. The van der Waals surface area contributed by atoms with Crippen LogP contribution in [-0.4, -0.2) is 42.6 Å². The van der Waals surface area contributed by atoms with E-state index in [0.717, 1.165) is 9.89 Å². The minimum absolute atomic E-state index is 0.111. The third-order valence-corrected chi connectivity index (χ3v) is 5.62. The van der Waals surface area contributed by atoms with Gasteiger partial charge in [0.1, 0.15) is 0 Å². The topological polar surface area (TPSA) is 122 Å². The van der Waals surface area contributed by atoms with Crippen LogP contribution in [0.2, 0.25) is 0 Å². The number of benzene rings is 1. The fourth-order valence-electron chi connectivity index (χ4n) is 2.84. The summed E-state index contributed by atoms with van der Waals surface area (Å²) in [5, 5.41) is 3.83. The van der Waals surface area contributed by atoms with Gasteiger partial charge in [-0.15, -0.1) is 11.3 Å². The van der Waals surface area contributed by atoms with Crippen LogP contribution in [0, 0.1) is 0 Å². The number of carbonyl (C=O) groups is 5. The normalized spacial score (nSPS) is 13.5. The number of nitrogens with zero attached hydrogens (tertiary/aromatic N) is 1. The minimum Gasteiger partial charge on any atom is -0.454 e. The smallest absolute Gasteiger partial charge is 0.338 e. The molecule has 1 aliphatic rings. The van der Waals surface area contributed by atoms with E-state index < -0.39 is 12.6 Å². The zero-order valence-electron chi connectivity index (χ0n) is 16.8. The second kappa shape index (κ2) is 9.98. The van der Waals surface area contributed by atoms with Crippen molar-refractivity contribution in [2.24, 2.45) is 0 Å². The summed E-state index contributed by atoms with van der Waals surface area (Å²) in [6.45, 7) is 1.53. The van der Waals surface area contributed by atoms with Crippen LogP contribution in [0.15, 0.2) is 36.4 Å². The van der Waals surface area contributed by atoms with Gasteiger partial charge in [0.05, 0.1) is 16.1 Å². The molecule has 1 aliphatic heterocycles. The lowest BCUT2D eigenvalue weighted by Gasteiger charge is -2.27. The van der Waals surface area contributed by atoms with E-state index in [1.807, 2.05) is 0 Å². The molecule has 0 saturated carbocycles. The maximum absolute atomic E-state index is 12.3. The molecule has 1 aromatic carbocycles. The van der Waals surface area contributed by atoms with Crippen LogP contribution in [0.25, 0.3) is 0 Å². The fourth-order valence-corrected chi connectivity index (χ4v) is 3.77. The second-order valence-electron chi connectivity index (χ2n) is 6.81. The quantitative estimate of drug-likeness (QED) is 0.472. The number of carbonyl (C=O) groups excluding carboxylic acids is 5. The summed E-state index contributed by atoms with van der Waals surface area (Å²) in [5.41, 5.74) is 3.12. The molecule has 9 nitrogen and oxygen atoms in total. The number of ketones is 1. The van der Waals surface area contributed by atoms with Gasteiger partial charge in [-0.2, -0.15) is 0 Å². The molecule has 1 aromatic heterocycles. The number of amides is 3. The van der Waals surface area contributed by atoms with Crippen molar-refractivity contribution in [2.75, 3.05) is 18.2 Å². The van der Waals surface area contributed by atoms with E-state index in [1.54, 1.807) is 12.1 Å². The van der Waals surface area contributed by atoms with Gasteiger partial charge in [0.25, 0.3) is 0 Å². The third-order valence-electron chi connectivity index (χ3n) is 4.43. The van der Waals surface area contributed by atoms with Crippen molar-refractivity contribution in [1.29, 1.82) is 0 Å². The summed E-state index contributed by atoms with van der Waals surface area (Å²) >= 11 is 1.29. The number of anilines is 1. The van der Waals surface area contributed by atoms with Crippen molar-refractivity contribution in [3.05, 3.63) is 51.7 Å². The van der Waals surface area contributed by atoms with E-state index in [9.17, 15) is 24.0 Å². The van der Waals surface area contributed by atoms with Gasteiger partial charge in [0.15, 0.2) is 6.61 Å². The Kier molecular flexibility index (Phi) is 7.14. The molecule has 0 aliphatic carbocycles. The van der Waals surface area contributed by atoms with Crippen LogP contribution in [0.1, 0.15) is 44.7 Å². The molecule has 2 heterocycles. The Morgan fingerprint density at radius 3 is 2.55 bits per heavy atom. The maximum Gasteiger partial charge on any atom is 0.338 e. The lowest BCUT2D eigenvalue weighted by molar-refractivity contribution is -0.130. The van der Waals surface area contributed by atoms with E-state index in [2.05, 4.69) is 10.7 Å². The Bertz CT molecular complexity index is 1010. The number of rotatable bonds is 8. The zero-order valence-corrected chi connectivity index (χ0v) is 17.6. The first-order chi connectivity index (χ1) is 14.8. The molecule has 0 unspecified atom stereocenters. The van der Waals surface area contributed by atoms with E-state index in [-0.39, 0.29) is 41.9 Å². The Labute approximate surface area is 182 Å². The molecule has 1 saturated heterocycles. The number of esters is 1. The molecule has 0 spiro atoms. The molecule has 10 heteroatoms. The maximum atomic E-state index is 12.3. The molecule has 0 atom stereocenters. The molecule has 2 N–H and O–H groups in total. The van der Waals surface area contributed by atoms with Gasteiger partial charge in [-0.25, -0.2) is 9.80 Å². The molecule has 3 rings (SSSR count). The van der Waals surface area contributed by atoms with Crippen LogP contribution in [0.5, 0.6) is 0 Å². The Morgan fingerprint density at radius 2 is 1.84 bits per heavy atom. The highest BCUT2D eigenvalue weighted by Crippen LogP contribution is 2.19. The fraction of sp³-hybridized carbons (Fsp3) is 0.286. The summed E-state index contributed by atoms with van der Waals surface area (Å²) in [7, 11) is 0. The number of hydrogen-bond donors (Lipinski definition) is 2. The summed E-state index contributed by atoms with van der Waals surface area (Å²) in [4.78, 5) is 60.2. The van der Waals surface area contributed by atoms with E-state index in [4.69, 9.17) is 4.74 Å². The van der Waals surface area contributed by atoms with Crippen LogP contribution < -0.4 is 15.8 Å². The first-order valence-corrected chi connectivity index (χ1v) is 10.4. The predicted octanol–water partition coefficient (Wildman–Crippen LogP) is 1.62. The highest BCUT2D eigenvalue weighted by atomic mass is 32.1. The van der Waals surface area contributed by atoms with E-state index >= 15 is 0 Å². The van der Waals surface area contributed by atoms with Crippen molar-refractivity contribution in [1.82, 2.24) is 10.7 Å². The van der Waals surface area contributed by atoms with Gasteiger partial charge in [-0.05, 0) is 42.8 Å².